The average molecular weight is 301 g/mol. The Morgan fingerprint density at radius 2 is 1.67 bits per heavy atom. The number of nitrogens with two attached hydrogens (primary N) is 1. The minimum Gasteiger partial charge on any atom is -0.281 e. The molecule has 1 nitrogen and oxygen atoms in total. The van der Waals surface area contributed by atoms with Crippen molar-refractivity contribution in [1.29, 1.82) is 0 Å². The summed E-state index contributed by atoms with van der Waals surface area (Å²) in [5.74, 6) is 0.737. The lowest BCUT2D eigenvalue weighted by atomic mass is 9.92. The summed E-state index contributed by atoms with van der Waals surface area (Å²) in [5.41, 5.74) is 5.77. The fraction of sp³-hybridized carbons (Fsp3) is 0.368. The average Bonchev–Trinajstić information content (AvgIpc) is 2.52. The molecule has 21 heavy (non-hydrogen) atoms. The van der Waals surface area contributed by atoms with Crippen LogP contribution in [-0.4, -0.2) is 0 Å². The van der Waals surface area contributed by atoms with E-state index in [9.17, 15) is 0 Å². The Kier molecular flexibility index (Phi) is 8.17. The second kappa shape index (κ2) is 9.64. The maximum absolute atomic E-state index is 4.19. The Hall–Kier alpha value is -1.25. The number of benzene rings is 2. The molecule has 1 atom stereocenters. The Morgan fingerprint density at radius 3 is 2.33 bits per heavy atom. The molecule has 2 rings (SSSR count). The lowest BCUT2D eigenvalue weighted by molar-refractivity contribution is 0.529. The lowest BCUT2D eigenvalue weighted by Gasteiger charge is -2.14. The molecule has 0 aliphatic rings. The van der Waals surface area contributed by atoms with Gasteiger partial charge in [-0.15, -0.1) is 12.8 Å². The van der Waals surface area contributed by atoms with Gasteiger partial charge < -0.3 is 0 Å². The summed E-state index contributed by atoms with van der Waals surface area (Å²) in [5, 5.41) is 4.19. The Labute approximate surface area is 135 Å². The molecule has 114 valence electrons. The van der Waals surface area contributed by atoms with Crippen LogP contribution in [0.1, 0.15) is 35.6 Å². The summed E-state index contributed by atoms with van der Waals surface area (Å²) in [6, 6.07) is 17.6. The third-order valence-electron chi connectivity index (χ3n) is 3.84. The Morgan fingerprint density at radius 1 is 1.00 bits per heavy atom. The van der Waals surface area contributed by atoms with Gasteiger partial charge in [0.05, 0.1) is 0 Å². The molecule has 2 aromatic carbocycles. The van der Waals surface area contributed by atoms with Gasteiger partial charge in [-0.1, -0.05) is 61.0 Å². The van der Waals surface area contributed by atoms with E-state index in [-0.39, 0.29) is 0 Å². The van der Waals surface area contributed by atoms with E-state index < -0.39 is 0 Å². The molecule has 0 saturated heterocycles. The predicted octanol–water partition coefficient (Wildman–Crippen LogP) is 4.90. The molecule has 2 N–H and O–H groups in total. The number of hydrogen-bond donors (Lipinski definition) is 2. The molecule has 0 spiro atoms. The largest absolute Gasteiger partial charge is 0.281 e. The van der Waals surface area contributed by atoms with E-state index in [2.05, 4.69) is 87.3 Å². The summed E-state index contributed by atoms with van der Waals surface area (Å²) < 4.78 is 0. The van der Waals surface area contributed by atoms with Gasteiger partial charge in [0.15, 0.2) is 0 Å². The summed E-state index contributed by atoms with van der Waals surface area (Å²) in [4.78, 5) is 0. The van der Waals surface area contributed by atoms with E-state index >= 15 is 0 Å². The second-order valence-corrected chi connectivity index (χ2v) is 5.76. The molecule has 0 heterocycles. The number of aryl methyl sites for hydroxylation is 3. The van der Waals surface area contributed by atoms with Gasteiger partial charge in [0, 0.05) is 0 Å². The zero-order valence-corrected chi connectivity index (χ0v) is 14.2. The maximum Gasteiger partial charge on any atom is -0.0250 e. The van der Waals surface area contributed by atoms with Gasteiger partial charge >= 0.3 is 0 Å². The monoisotopic (exact) mass is 301 g/mol. The molecule has 0 saturated carbocycles. The van der Waals surface area contributed by atoms with E-state index in [0.717, 1.165) is 5.92 Å². The Bertz CT molecular complexity index is 522. The van der Waals surface area contributed by atoms with Crippen LogP contribution in [0.5, 0.6) is 0 Å². The highest BCUT2D eigenvalue weighted by Gasteiger charge is 2.06. The molecule has 0 amide bonds. The molecule has 0 aliphatic carbocycles. The molecule has 2 heteroatoms. The minimum absolute atomic E-state index is 0.737. The fourth-order valence-electron chi connectivity index (χ4n) is 2.56. The lowest BCUT2D eigenvalue weighted by Crippen LogP contribution is -2.03. The topological polar surface area (TPSA) is 26.0 Å². The van der Waals surface area contributed by atoms with Crippen LogP contribution in [0.3, 0.4) is 0 Å². The van der Waals surface area contributed by atoms with Crippen molar-refractivity contribution in [2.24, 2.45) is 11.1 Å². The van der Waals surface area contributed by atoms with Crippen molar-refractivity contribution < 1.29 is 0 Å². The van der Waals surface area contributed by atoms with Crippen LogP contribution in [0.2, 0.25) is 0 Å². The van der Waals surface area contributed by atoms with Crippen molar-refractivity contribution in [1.82, 2.24) is 0 Å². The van der Waals surface area contributed by atoms with Crippen LogP contribution in [0.25, 0.3) is 0 Å². The van der Waals surface area contributed by atoms with Crippen LogP contribution < -0.4 is 5.14 Å². The van der Waals surface area contributed by atoms with Crippen molar-refractivity contribution in [2.75, 3.05) is 0 Å². The highest BCUT2D eigenvalue weighted by atomic mass is 32.1. The van der Waals surface area contributed by atoms with Crippen molar-refractivity contribution in [3.8, 4) is 0 Å². The molecule has 0 aromatic heterocycles. The van der Waals surface area contributed by atoms with Gasteiger partial charge in [0.2, 0.25) is 0 Å². The van der Waals surface area contributed by atoms with E-state index in [4.69, 9.17) is 0 Å². The van der Waals surface area contributed by atoms with Gasteiger partial charge in [0.25, 0.3) is 0 Å². The summed E-state index contributed by atoms with van der Waals surface area (Å²) in [6.07, 6.45) is 3.64. The second-order valence-electron chi connectivity index (χ2n) is 5.76. The van der Waals surface area contributed by atoms with Crippen LogP contribution in [-0.2, 0) is 12.8 Å². The smallest absolute Gasteiger partial charge is 0.0250 e. The summed E-state index contributed by atoms with van der Waals surface area (Å²) >= 11 is 3.03. The van der Waals surface area contributed by atoms with Crippen LogP contribution >= 0.6 is 12.8 Å². The zero-order valence-electron chi connectivity index (χ0n) is 13.3. The molecule has 0 radical (unpaired) electrons. The molecule has 0 bridgehead atoms. The maximum atomic E-state index is 4.19. The number of hydrogen-bond acceptors (Lipinski definition) is 2. The van der Waals surface area contributed by atoms with Gasteiger partial charge in [-0.25, -0.2) is 0 Å². The Balaban J connectivity index is 0.00000106. The highest BCUT2D eigenvalue weighted by Crippen LogP contribution is 2.18. The number of rotatable bonds is 5. The van der Waals surface area contributed by atoms with Crippen molar-refractivity contribution in [3.63, 3.8) is 0 Å². The number of thiol groups is 1. The zero-order chi connectivity index (χ0) is 15.7. The van der Waals surface area contributed by atoms with Crippen molar-refractivity contribution in [3.05, 3.63) is 70.8 Å². The van der Waals surface area contributed by atoms with E-state index in [1.165, 1.54) is 41.5 Å². The fourth-order valence-corrected chi connectivity index (χ4v) is 2.56. The molecule has 0 fully saturated rings. The first-order valence-electron chi connectivity index (χ1n) is 7.51. The van der Waals surface area contributed by atoms with Gasteiger partial charge in [-0.3, -0.25) is 5.14 Å². The molecular formula is C19H27NS. The van der Waals surface area contributed by atoms with Crippen molar-refractivity contribution in [2.45, 2.75) is 40.0 Å². The summed E-state index contributed by atoms with van der Waals surface area (Å²) in [7, 11) is 0. The molecule has 1 unspecified atom stereocenters. The predicted molar refractivity (Wildman–Crippen MR) is 96.7 cm³/mol. The van der Waals surface area contributed by atoms with E-state index in [1.807, 2.05) is 0 Å². The first-order valence-corrected chi connectivity index (χ1v) is 8.02. The quantitative estimate of drug-likeness (QED) is 0.754. The molecular weight excluding hydrogens is 274 g/mol. The van der Waals surface area contributed by atoms with Crippen LogP contribution in [0.15, 0.2) is 48.5 Å². The van der Waals surface area contributed by atoms with Crippen LogP contribution in [0.4, 0.5) is 0 Å². The normalized spacial score (nSPS) is 11.5. The third kappa shape index (κ3) is 6.36. The van der Waals surface area contributed by atoms with E-state index in [1.54, 1.807) is 0 Å². The van der Waals surface area contributed by atoms with Gasteiger partial charge in [-0.2, -0.15) is 0 Å². The minimum atomic E-state index is 0.737. The highest BCUT2D eigenvalue weighted by molar-refractivity contribution is 7.77. The van der Waals surface area contributed by atoms with Gasteiger partial charge in [-0.05, 0) is 55.7 Å². The molecule has 0 aliphatic heterocycles. The first kappa shape index (κ1) is 17.8. The first-order chi connectivity index (χ1) is 10.1. The standard InChI is InChI=1S/C19H24.H3NS/c1-15-9-11-17(3)19(13-15)14-16(2)10-12-18-7-5-4-6-8-18;1-2/h4-9,11,13,16H,10,12,14H2,1-3H3;2H,1H2. The van der Waals surface area contributed by atoms with Gasteiger partial charge in [0.1, 0.15) is 0 Å². The summed E-state index contributed by atoms with van der Waals surface area (Å²) in [6.45, 7) is 6.76. The SMILES string of the molecule is Cc1ccc(C)c(CC(C)CCc2ccccc2)c1.NS. The van der Waals surface area contributed by atoms with E-state index in [0.29, 0.717) is 0 Å². The third-order valence-corrected chi connectivity index (χ3v) is 3.84. The van der Waals surface area contributed by atoms with Crippen LogP contribution in [0, 0.1) is 19.8 Å². The molecule has 2 aromatic rings. The van der Waals surface area contributed by atoms with Crippen molar-refractivity contribution >= 4 is 12.8 Å².